The van der Waals surface area contributed by atoms with E-state index < -0.39 is 0 Å². The zero-order valence-electron chi connectivity index (χ0n) is 14.3. The fourth-order valence-electron chi connectivity index (χ4n) is 2.29. The molecule has 0 amide bonds. The Morgan fingerprint density at radius 2 is 1.55 bits per heavy atom. The van der Waals surface area contributed by atoms with Crippen LogP contribution in [0.15, 0.2) is 18.2 Å². The zero-order chi connectivity index (χ0) is 15.3. The van der Waals surface area contributed by atoms with Gasteiger partial charge in [0.15, 0.2) is 11.5 Å². The summed E-state index contributed by atoms with van der Waals surface area (Å²) < 4.78 is 11.2. The molecule has 4 heteroatoms. The van der Waals surface area contributed by atoms with Gasteiger partial charge in [0.1, 0.15) is 0 Å². The second-order valence-electron chi connectivity index (χ2n) is 5.24. The van der Waals surface area contributed by atoms with Gasteiger partial charge in [0, 0.05) is 6.54 Å². The van der Waals surface area contributed by atoms with Crippen molar-refractivity contribution in [1.29, 1.82) is 0 Å². The summed E-state index contributed by atoms with van der Waals surface area (Å²) in [5.74, 6) is 1.68. The van der Waals surface area contributed by atoms with Gasteiger partial charge >= 0.3 is 0 Å². The van der Waals surface area contributed by atoms with Crippen molar-refractivity contribution in [3.05, 3.63) is 23.8 Å². The van der Waals surface area contributed by atoms with Crippen molar-refractivity contribution in [1.82, 2.24) is 5.32 Å². The maximum atomic E-state index is 5.65. The van der Waals surface area contributed by atoms with Gasteiger partial charge in [0.25, 0.3) is 0 Å². The molecule has 0 saturated heterocycles. The van der Waals surface area contributed by atoms with Gasteiger partial charge in [-0.05, 0) is 44.5 Å². The van der Waals surface area contributed by atoms with E-state index in [-0.39, 0.29) is 12.4 Å². The number of benzene rings is 1. The van der Waals surface area contributed by atoms with Crippen LogP contribution in [0.5, 0.6) is 11.5 Å². The first-order valence-electron chi connectivity index (χ1n) is 8.41. The van der Waals surface area contributed by atoms with Gasteiger partial charge in [0.05, 0.1) is 13.2 Å². The van der Waals surface area contributed by atoms with Crippen LogP contribution in [-0.2, 0) is 6.54 Å². The molecule has 128 valence electrons. The van der Waals surface area contributed by atoms with E-state index >= 15 is 0 Å². The third-order valence-corrected chi connectivity index (χ3v) is 3.39. The second kappa shape index (κ2) is 13.7. The molecule has 1 N–H and O–H groups in total. The van der Waals surface area contributed by atoms with Crippen LogP contribution in [0.25, 0.3) is 0 Å². The third kappa shape index (κ3) is 8.50. The van der Waals surface area contributed by atoms with Crippen LogP contribution in [0.2, 0.25) is 0 Å². The number of ether oxygens (including phenoxy) is 2. The van der Waals surface area contributed by atoms with Crippen LogP contribution in [0.4, 0.5) is 0 Å². The largest absolute Gasteiger partial charge is 0.490 e. The van der Waals surface area contributed by atoms with E-state index in [1.165, 1.54) is 37.7 Å². The Morgan fingerprint density at radius 1 is 0.864 bits per heavy atom. The molecule has 1 aromatic rings. The molecule has 0 bridgehead atoms. The van der Waals surface area contributed by atoms with Crippen molar-refractivity contribution in [3.63, 3.8) is 0 Å². The van der Waals surface area contributed by atoms with Crippen molar-refractivity contribution in [3.8, 4) is 11.5 Å². The highest BCUT2D eigenvalue weighted by Crippen LogP contribution is 2.28. The summed E-state index contributed by atoms with van der Waals surface area (Å²) in [5, 5.41) is 3.50. The summed E-state index contributed by atoms with van der Waals surface area (Å²) in [6, 6.07) is 6.20. The van der Waals surface area contributed by atoms with Gasteiger partial charge in [-0.25, -0.2) is 0 Å². The van der Waals surface area contributed by atoms with E-state index in [2.05, 4.69) is 24.4 Å². The van der Waals surface area contributed by atoms with Crippen LogP contribution in [-0.4, -0.2) is 19.8 Å². The summed E-state index contributed by atoms with van der Waals surface area (Å²) in [5.41, 5.74) is 1.25. The molecule has 0 fully saturated rings. The molecular weight excluding hydrogens is 298 g/mol. The summed E-state index contributed by atoms with van der Waals surface area (Å²) in [6.07, 6.45) is 6.61. The minimum Gasteiger partial charge on any atom is -0.490 e. The number of unbranched alkanes of at least 4 members (excludes halogenated alkanes) is 4. The molecule has 1 aromatic carbocycles. The Morgan fingerprint density at radius 3 is 2.23 bits per heavy atom. The zero-order valence-corrected chi connectivity index (χ0v) is 15.1. The monoisotopic (exact) mass is 329 g/mol. The highest BCUT2D eigenvalue weighted by molar-refractivity contribution is 5.85. The van der Waals surface area contributed by atoms with Gasteiger partial charge < -0.3 is 14.8 Å². The lowest BCUT2D eigenvalue weighted by atomic mass is 10.1. The minimum absolute atomic E-state index is 0. The Hall–Kier alpha value is -0.930. The van der Waals surface area contributed by atoms with E-state index in [0.717, 1.165) is 24.6 Å². The van der Waals surface area contributed by atoms with E-state index in [0.29, 0.717) is 13.2 Å². The molecule has 0 atom stereocenters. The fraction of sp³-hybridized carbons (Fsp3) is 0.667. The van der Waals surface area contributed by atoms with Crippen LogP contribution in [0, 0.1) is 0 Å². The van der Waals surface area contributed by atoms with Gasteiger partial charge in [-0.1, -0.05) is 38.7 Å². The third-order valence-electron chi connectivity index (χ3n) is 3.39. The normalized spacial score (nSPS) is 10.1. The standard InChI is InChI=1S/C18H31NO2.ClH/c1-4-7-8-9-10-13-19-15-16-11-12-17(20-5-2)18(14-16)21-6-3;/h11-12,14,19H,4-10,13,15H2,1-3H3;1H. The average Bonchev–Trinajstić information content (AvgIpc) is 2.49. The molecular formula is C18H32ClNO2. The molecule has 0 unspecified atom stereocenters. The first-order valence-corrected chi connectivity index (χ1v) is 8.41. The Kier molecular flexibility index (Phi) is 13.1. The maximum Gasteiger partial charge on any atom is 0.161 e. The Balaban J connectivity index is 0.00000441. The molecule has 0 aliphatic heterocycles. The predicted octanol–water partition coefficient (Wildman–Crippen LogP) is 4.97. The topological polar surface area (TPSA) is 30.5 Å². The predicted molar refractivity (Wildman–Crippen MR) is 96.5 cm³/mol. The minimum atomic E-state index is 0. The van der Waals surface area contributed by atoms with Gasteiger partial charge in [0.2, 0.25) is 0 Å². The Labute approximate surface area is 142 Å². The quantitative estimate of drug-likeness (QED) is 0.549. The molecule has 22 heavy (non-hydrogen) atoms. The lowest BCUT2D eigenvalue weighted by molar-refractivity contribution is 0.287. The van der Waals surface area contributed by atoms with Crippen LogP contribution in [0.3, 0.4) is 0 Å². The molecule has 0 aliphatic rings. The van der Waals surface area contributed by atoms with Crippen molar-refractivity contribution < 1.29 is 9.47 Å². The SMILES string of the molecule is CCCCCCCNCc1ccc(OCC)c(OCC)c1.Cl. The summed E-state index contributed by atoms with van der Waals surface area (Å²) >= 11 is 0. The lowest BCUT2D eigenvalue weighted by Crippen LogP contribution is -2.14. The molecule has 0 aromatic heterocycles. The summed E-state index contributed by atoms with van der Waals surface area (Å²) in [4.78, 5) is 0. The Bertz CT molecular complexity index is 385. The fourth-order valence-corrected chi connectivity index (χ4v) is 2.29. The summed E-state index contributed by atoms with van der Waals surface area (Å²) in [7, 11) is 0. The van der Waals surface area contributed by atoms with Crippen LogP contribution >= 0.6 is 12.4 Å². The summed E-state index contributed by atoms with van der Waals surface area (Å²) in [6.45, 7) is 9.53. The molecule has 1 rings (SSSR count). The first kappa shape index (κ1) is 21.1. The van der Waals surface area contributed by atoms with E-state index in [9.17, 15) is 0 Å². The van der Waals surface area contributed by atoms with Crippen molar-refractivity contribution in [2.24, 2.45) is 0 Å². The number of hydrogen-bond donors (Lipinski definition) is 1. The van der Waals surface area contributed by atoms with E-state index in [1.54, 1.807) is 0 Å². The maximum absolute atomic E-state index is 5.65. The van der Waals surface area contributed by atoms with Gasteiger partial charge in [-0.2, -0.15) is 0 Å². The number of halogens is 1. The van der Waals surface area contributed by atoms with E-state index in [1.807, 2.05) is 19.9 Å². The molecule has 0 saturated carbocycles. The van der Waals surface area contributed by atoms with Gasteiger partial charge in [-0.15, -0.1) is 12.4 Å². The van der Waals surface area contributed by atoms with Gasteiger partial charge in [-0.3, -0.25) is 0 Å². The number of hydrogen-bond acceptors (Lipinski definition) is 3. The second-order valence-corrected chi connectivity index (χ2v) is 5.24. The van der Waals surface area contributed by atoms with Crippen LogP contribution < -0.4 is 14.8 Å². The van der Waals surface area contributed by atoms with Crippen molar-refractivity contribution in [2.75, 3.05) is 19.8 Å². The molecule has 0 heterocycles. The molecule has 3 nitrogen and oxygen atoms in total. The smallest absolute Gasteiger partial charge is 0.161 e. The number of rotatable bonds is 12. The molecule has 0 radical (unpaired) electrons. The molecule has 0 aliphatic carbocycles. The highest BCUT2D eigenvalue weighted by atomic mass is 35.5. The highest BCUT2D eigenvalue weighted by Gasteiger charge is 2.05. The van der Waals surface area contributed by atoms with Crippen molar-refractivity contribution >= 4 is 12.4 Å². The average molecular weight is 330 g/mol. The molecule has 0 spiro atoms. The lowest BCUT2D eigenvalue weighted by Gasteiger charge is -2.12. The van der Waals surface area contributed by atoms with Crippen LogP contribution in [0.1, 0.15) is 58.4 Å². The van der Waals surface area contributed by atoms with Crippen molar-refractivity contribution in [2.45, 2.75) is 59.4 Å². The number of nitrogens with one attached hydrogen (secondary N) is 1. The first-order chi connectivity index (χ1) is 10.3. The van der Waals surface area contributed by atoms with E-state index in [4.69, 9.17) is 9.47 Å².